The molecule has 1 spiro atoms. The monoisotopic (exact) mass is 634 g/mol. The summed E-state index contributed by atoms with van der Waals surface area (Å²) in [5.74, 6) is 5.79. The van der Waals surface area contributed by atoms with Crippen molar-refractivity contribution in [2.75, 3.05) is 49.7 Å². The molecule has 6 rings (SSSR count). The molecule has 0 unspecified atom stereocenters. The van der Waals surface area contributed by atoms with Gasteiger partial charge in [-0.05, 0) is 68.0 Å². The number of halogens is 4. The zero-order valence-corrected chi connectivity index (χ0v) is 25.4. The molecule has 2 aliphatic heterocycles. The molecule has 3 fully saturated rings. The second-order valence-corrected chi connectivity index (χ2v) is 14.5. The number of hydrogen-bond donors (Lipinski definition) is 2. The number of likely N-dealkylation sites (tertiary alicyclic amines) is 1. The maximum Gasteiger partial charge on any atom is 0.406 e. The number of anilines is 2. The van der Waals surface area contributed by atoms with E-state index >= 15 is 0 Å². The van der Waals surface area contributed by atoms with E-state index in [1.54, 1.807) is 18.2 Å². The number of benzene rings is 2. The van der Waals surface area contributed by atoms with Gasteiger partial charge in [0.25, 0.3) is 0 Å². The van der Waals surface area contributed by atoms with Crippen LogP contribution in [0.4, 0.5) is 24.5 Å². The SMILES string of the molecule is CS(=O)(=O)c1ccc(NCC#Cc2cc3c(NC4CCC(N5CC6(COC6)C5)CC4)cccc3n2CC(F)(F)F)c(Cl)c1. The molecule has 3 aliphatic rings. The van der Waals surface area contributed by atoms with E-state index in [1.165, 1.54) is 22.8 Å². The van der Waals surface area contributed by atoms with E-state index in [-0.39, 0.29) is 28.2 Å². The molecule has 7 nitrogen and oxygen atoms in total. The first-order chi connectivity index (χ1) is 20.4. The van der Waals surface area contributed by atoms with Crippen LogP contribution in [0.3, 0.4) is 0 Å². The minimum Gasteiger partial charge on any atom is -0.382 e. The van der Waals surface area contributed by atoms with Crippen LogP contribution in [0.2, 0.25) is 5.02 Å². The summed E-state index contributed by atoms with van der Waals surface area (Å²) in [5.41, 5.74) is 2.43. The van der Waals surface area contributed by atoms with Crippen molar-refractivity contribution in [2.45, 2.75) is 55.4 Å². The molecule has 230 valence electrons. The minimum absolute atomic E-state index is 0.0943. The van der Waals surface area contributed by atoms with Gasteiger partial charge in [0.05, 0.1) is 46.6 Å². The number of aromatic nitrogens is 1. The van der Waals surface area contributed by atoms with Gasteiger partial charge in [-0.15, -0.1) is 0 Å². The molecule has 2 saturated heterocycles. The van der Waals surface area contributed by atoms with Crippen molar-refractivity contribution in [1.82, 2.24) is 9.47 Å². The molecule has 1 aliphatic carbocycles. The fourth-order valence-corrected chi connectivity index (χ4v) is 7.42. The Kier molecular flexibility index (Phi) is 8.09. The summed E-state index contributed by atoms with van der Waals surface area (Å²) in [4.78, 5) is 2.67. The van der Waals surface area contributed by atoms with Crippen LogP contribution < -0.4 is 10.6 Å². The predicted octanol–water partition coefficient (Wildman–Crippen LogP) is 5.78. The zero-order chi connectivity index (χ0) is 30.4. The summed E-state index contributed by atoms with van der Waals surface area (Å²) in [6, 6.07) is 12.3. The number of sulfone groups is 1. The summed E-state index contributed by atoms with van der Waals surface area (Å²) >= 11 is 6.22. The van der Waals surface area contributed by atoms with Gasteiger partial charge in [0, 0.05) is 47.9 Å². The maximum absolute atomic E-state index is 13.6. The molecule has 1 aromatic heterocycles. The fraction of sp³-hybridized carbons (Fsp3) is 0.484. The molecule has 1 saturated carbocycles. The number of alkyl halides is 3. The average Bonchev–Trinajstić information content (AvgIpc) is 3.23. The summed E-state index contributed by atoms with van der Waals surface area (Å²) < 4.78 is 70.9. The molecule has 2 N–H and O–H groups in total. The van der Waals surface area contributed by atoms with Crippen LogP contribution in [0.5, 0.6) is 0 Å². The van der Waals surface area contributed by atoms with Gasteiger partial charge in [-0.2, -0.15) is 13.2 Å². The van der Waals surface area contributed by atoms with Gasteiger partial charge in [-0.25, -0.2) is 8.42 Å². The smallest absolute Gasteiger partial charge is 0.382 e. The van der Waals surface area contributed by atoms with Crippen molar-refractivity contribution in [3.63, 3.8) is 0 Å². The number of rotatable bonds is 7. The van der Waals surface area contributed by atoms with Crippen molar-refractivity contribution >= 4 is 43.7 Å². The van der Waals surface area contributed by atoms with Crippen molar-refractivity contribution in [1.29, 1.82) is 0 Å². The maximum atomic E-state index is 13.6. The summed E-state index contributed by atoms with van der Waals surface area (Å²) in [5, 5.41) is 7.55. The fourth-order valence-electron chi connectivity index (χ4n) is 6.46. The lowest BCUT2D eigenvalue weighted by Crippen LogP contribution is -2.68. The lowest BCUT2D eigenvalue weighted by Gasteiger charge is -2.58. The Morgan fingerprint density at radius 3 is 2.44 bits per heavy atom. The van der Waals surface area contributed by atoms with E-state index in [9.17, 15) is 21.6 Å². The van der Waals surface area contributed by atoms with Gasteiger partial charge in [0.2, 0.25) is 0 Å². The Morgan fingerprint density at radius 1 is 1.07 bits per heavy atom. The second-order valence-electron chi connectivity index (χ2n) is 12.1. The molecule has 0 amide bonds. The van der Waals surface area contributed by atoms with E-state index in [2.05, 4.69) is 27.4 Å². The van der Waals surface area contributed by atoms with Gasteiger partial charge in [0.15, 0.2) is 9.84 Å². The standard InChI is InChI=1S/C31H34ClF3N4O3S/c1-43(40,41)24-11-12-28(26(32)15-24)36-13-3-4-23-14-25-27(5-2-6-29(25)39(23)18-31(33,34)35)37-21-7-9-22(10-8-21)38-16-30(17-38)19-42-20-30/h2,5-6,11-12,14-15,21-22,36-37H,7-10,13,16-20H2,1H3. The van der Waals surface area contributed by atoms with E-state index in [1.807, 2.05) is 6.07 Å². The Balaban J connectivity index is 1.15. The highest BCUT2D eigenvalue weighted by Crippen LogP contribution is 2.41. The van der Waals surface area contributed by atoms with Crippen LogP contribution in [0, 0.1) is 17.3 Å². The Hall–Kier alpha value is -2.91. The third kappa shape index (κ3) is 6.63. The normalized spacial score (nSPS) is 22.0. The Bertz CT molecular complexity index is 1680. The summed E-state index contributed by atoms with van der Waals surface area (Å²) in [7, 11) is -3.40. The zero-order valence-electron chi connectivity index (χ0n) is 23.8. The third-order valence-corrected chi connectivity index (χ3v) is 10.1. The second kappa shape index (κ2) is 11.5. The molecular weight excluding hydrogens is 601 g/mol. The van der Waals surface area contributed by atoms with Crippen LogP contribution in [0.15, 0.2) is 47.4 Å². The number of nitrogens with zero attached hydrogens (tertiary/aromatic N) is 2. The van der Waals surface area contributed by atoms with Crippen LogP contribution >= 0.6 is 11.6 Å². The largest absolute Gasteiger partial charge is 0.406 e. The Labute approximate surface area is 254 Å². The van der Waals surface area contributed by atoms with Gasteiger partial charge in [0.1, 0.15) is 6.54 Å². The highest BCUT2D eigenvalue weighted by molar-refractivity contribution is 7.90. The number of fused-ring (bicyclic) bond motifs is 1. The number of nitrogens with one attached hydrogen (secondary N) is 2. The molecule has 43 heavy (non-hydrogen) atoms. The van der Waals surface area contributed by atoms with Gasteiger partial charge in [-0.3, -0.25) is 4.90 Å². The number of ether oxygens (including phenoxy) is 1. The van der Waals surface area contributed by atoms with E-state index in [0.717, 1.165) is 63.9 Å². The highest BCUT2D eigenvalue weighted by atomic mass is 35.5. The lowest BCUT2D eigenvalue weighted by molar-refractivity contribution is -0.200. The van der Waals surface area contributed by atoms with Crippen LogP contribution in [0.25, 0.3) is 10.9 Å². The van der Waals surface area contributed by atoms with Crippen molar-refractivity contribution in [2.24, 2.45) is 5.41 Å². The van der Waals surface area contributed by atoms with Crippen LogP contribution in [-0.4, -0.2) is 75.2 Å². The quantitative estimate of drug-likeness (QED) is 0.321. The van der Waals surface area contributed by atoms with Gasteiger partial charge in [-0.1, -0.05) is 23.6 Å². The minimum atomic E-state index is -4.42. The molecule has 0 atom stereocenters. The Morgan fingerprint density at radius 2 is 1.81 bits per heavy atom. The van der Waals surface area contributed by atoms with Crippen molar-refractivity contribution in [3.8, 4) is 11.8 Å². The average molecular weight is 635 g/mol. The molecule has 0 radical (unpaired) electrons. The van der Waals surface area contributed by atoms with E-state index < -0.39 is 22.6 Å². The first-order valence-electron chi connectivity index (χ1n) is 14.4. The van der Waals surface area contributed by atoms with E-state index in [0.29, 0.717) is 28.0 Å². The highest BCUT2D eigenvalue weighted by Gasteiger charge is 2.50. The summed E-state index contributed by atoms with van der Waals surface area (Å²) in [6.45, 7) is 2.98. The summed E-state index contributed by atoms with van der Waals surface area (Å²) in [6.07, 6.45) is 0.900. The first kappa shape index (κ1) is 30.1. The van der Waals surface area contributed by atoms with Crippen molar-refractivity contribution < 1.29 is 26.3 Å². The van der Waals surface area contributed by atoms with Gasteiger partial charge >= 0.3 is 6.18 Å². The van der Waals surface area contributed by atoms with Crippen LogP contribution in [-0.2, 0) is 21.1 Å². The van der Waals surface area contributed by atoms with Gasteiger partial charge < -0.3 is 19.9 Å². The van der Waals surface area contributed by atoms with Crippen LogP contribution in [0.1, 0.15) is 31.4 Å². The molecule has 3 aromatic rings. The lowest BCUT2D eigenvalue weighted by atomic mass is 9.75. The third-order valence-electron chi connectivity index (χ3n) is 8.70. The van der Waals surface area contributed by atoms with Crippen molar-refractivity contribution in [3.05, 3.63) is 53.2 Å². The predicted molar refractivity (Wildman–Crippen MR) is 162 cm³/mol. The molecule has 2 aromatic carbocycles. The first-order valence-corrected chi connectivity index (χ1v) is 16.7. The molecule has 3 heterocycles. The topological polar surface area (TPSA) is 75.6 Å². The molecule has 12 heteroatoms. The van der Waals surface area contributed by atoms with E-state index in [4.69, 9.17) is 16.3 Å². The molecular formula is C31H34ClF3N4O3S. The molecule has 0 bridgehead atoms. The number of hydrogen-bond acceptors (Lipinski definition) is 6.